The standard InChI is InChI=1S/C8H4ClFO2/c9-7-2-1-5(10)3-6(7)8(12)4-11/h1-4H. The number of rotatable bonds is 2. The van der Waals surface area contributed by atoms with Gasteiger partial charge in [0.1, 0.15) is 5.82 Å². The zero-order chi connectivity index (χ0) is 9.14. The summed E-state index contributed by atoms with van der Waals surface area (Å²) in [5.41, 5.74) is -0.105. The third-order valence-corrected chi connectivity index (χ3v) is 1.63. The topological polar surface area (TPSA) is 34.1 Å². The van der Waals surface area contributed by atoms with Crippen molar-refractivity contribution < 1.29 is 14.0 Å². The van der Waals surface area contributed by atoms with Gasteiger partial charge in [0.25, 0.3) is 0 Å². The molecule has 0 radical (unpaired) electrons. The van der Waals surface area contributed by atoms with Crippen molar-refractivity contribution in [3.63, 3.8) is 0 Å². The molecule has 0 atom stereocenters. The van der Waals surface area contributed by atoms with Gasteiger partial charge in [0, 0.05) is 5.56 Å². The van der Waals surface area contributed by atoms with Gasteiger partial charge in [-0.25, -0.2) is 4.39 Å². The Bertz CT molecular complexity index is 336. The predicted octanol–water partition coefficient (Wildman–Crippen LogP) is 1.86. The zero-order valence-electron chi connectivity index (χ0n) is 5.88. The predicted molar refractivity (Wildman–Crippen MR) is 41.8 cm³/mol. The molecule has 4 heteroatoms. The minimum Gasteiger partial charge on any atom is -0.294 e. The molecule has 0 saturated carbocycles. The van der Waals surface area contributed by atoms with Gasteiger partial charge in [0.05, 0.1) is 5.02 Å². The van der Waals surface area contributed by atoms with E-state index in [1.54, 1.807) is 0 Å². The minimum absolute atomic E-state index is 0.0773. The molecule has 1 aromatic rings. The fourth-order valence-electron chi connectivity index (χ4n) is 0.750. The van der Waals surface area contributed by atoms with Crippen LogP contribution >= 0.6 is 11.6 Å². The Morgan fingerprint density at radius 3 is 2.75 bits per heavy atom. The largest absolute Gasteiger partial charge is 0.294 e. The van der Waals surface area contributed by atoms with E-state index in [4.69, 9.17) is 11.6 Å². The number of halogens is 2. The Labute approximate surface area is 73.0 Å². The molecule has 0 fully saturated rings. The van der Waals surface area contributed by atoms with E-state index in [2.05, 4.69) is 0 Å². The normalized spacial score (nSPS) is 9.50. The first-order chi connectivity index (χ1) is 5.65. The molecular weight excluding hydrogens is 183 g/mol. The van der Waals surface area contributed by atoms with E-state index in [0.29, 0.717) is 0 Å². The second kappa shape index (κ2) is 3.45. The molecule has 62 valence electrons. The molecule has 0 heterocycles. The summed E-state index contributed by atoms with van der Waals surface area (Å²) in [5.74, 6) is -1.41. The highest BCUT2D eigenvalue weighted by Gasteiger charge is 2.09. The Morgan fingerprint density at radius 2 is 2.17 bits per heavy atom. The fraction of sp³-hybridized carbons (Fsp3) is 0. The summed E-state index contributed by atoms with van der Waals surface area (Å²) in [4.78, 5) is 20.8. The molecule has 0 aromatic heterocycles. The Kier molecular flexibility index (Phi) is 2.55. The lowest BCUT2D eigenvalue weighted by Gasteiger charge is -1.97. The second-order valence-corrected chi connectivity index (χ2v) is 2.51. The molecule has 0 aliphatic heterocycles. The van der Waals surface area contributed by atoms with Gasteiger partial charge in [-0.3, -0.25) is 9.59 Å². The number of ketones is 1. The van der Waals surface area contributed by atoms with Gasteiger partial charge < -0.3 is 0 Å². The smallest absolute Gasteiger partial charge is 0.226 e. The van der Waals surface area contributed by atoms with Crippen molar-refractivity contribution in [1.29, 1.82) is 0 Å². The van der Waals surface area contributed by atoms with Crippen molar-refractivity contribution in [3.8, 4) is 0 Å². The molecule has 0 unspecified atom stereocenters. The van der Waals surface area contributed by atoms with E-state index in [-0.39, 0.29) is 16.9 Å². The zero-order valence-corrected chi connectivity index (χ0v) is 6.64. The van der Waals surface area contributed by atoms with Crippen LogP contribution in [0, 0.1) is 5.82 Å². The lowest BCUT2D eigenvalue weighted by atomic mass is 10.1. The Hall–Kier alpha value is -1.22. The summed E-state index contributed by atoms with van der Waals surface area (Å²) in [7, 11) is 0. The highest BCUT2D eigenvalue weighted by atomic mass is 35.5. The highest BCUT2D eigenvalue weighted by molar-refractivity contribution is 6.41. The van der Waals surface area contributed by atoms with E-state index >= 15 is 0 Å². The van der Waals surface area contributed by atoms with Crippen LogP contribution < -0.4 is 0 Å². The van der Waals surface area contributed by atoms with Crippen molar-refractivity contribution >= 4 is 23.7 Å². The summed E-state index contributed by atoms with van der Waals surface area (Å²) in [6.07, 6.45) is 0.0979. The highest BCUT2D eigenvalue weighted by Crippen LogP contribution is 2.16. The van der Waals surface area contributed by atoms with Crippen molar-refractivity contribution in [3.05, 3.63) is 34.6 Å². The summed E-state index contributed by atoms with van der Waals surface area (Å²) in [6, 6.07) is 3.27. The minimum atomic E-state index is -0.820. The van der Waals surface area contributed by atoms with Crippen molar-refractivity contribution in [2.45, 2.75) is 0 Å². The molecule has 0 amide bonds. The van der Waals surface area contributed by atoms with Gasteiger partial charge >= 0.3 is 0 Å². The van der Waals surface area contributed by atoms with Crippen LogP contribution in [0.25, 0.3) is 0 Å². The maximum Gasteiger partial charge on any atom is 0.226 e. The van der Waals surface area contributed by atoms with Crippen LogP contribution in [0.2, 0.25) is 5.02 Å². The van der Waals surface area contributed by atoms with E-state index in [9.17, 15) is 14.0 Å². The maximum absolute atomic E-state index is 12.5. The van der Waals surface area contributed by atoms with Crippen LogP contribution in [0.15, 0.2) is 18.2 Å². The van der Waals surface area contributed by atoms with E-state index in [1.807, 2.05) is 0 Å². The van der Waals surface area contributed by atoms with Crippen molar-refractivity contribution in [2.75, 3.05) is 0 Å². The van der Waals surface area contributed by atoms with E-state index in [1.165, 1.54) is 6.07 Å². The van der Waals surface area contributed by atoms with Crippen molar-refractivity contribution in [2.24, 2.45) is 0 Å². The number of Topliss-reactive ketones (excluding diaryl/α,β-unsaturated/α-hetero) is 1. The first-order valence-electron chi connectivity index (χ1n) is 3.09. The average Bonchev–Trinajstić information content (AvgIpc) is 2.08. The number of benzene rings is 1. The molecule has 0 aliphatic rings. The lowest BCUT2D eigenvalue weighted by molar-refractivity contribution is -0.104. The first kappa shape index (κ1) is 8.87. The molecule has 0 spiro atoms. The maximum atomic E-state index is 12.5. The molecular formula is C8H4ClFO2. The van der Waals surface area contributed by atoms with Crippen LogP contribution in [-0.4, -0.2) is 12.1 Å². The number of aldehydes is 1. The van der Waals surface area contributed by atoms with Crippen LogP contribution in [0.3, 0.4) is 0 Å². The molecule has 0 saturated heterocycles. The van der Waals surface area contributed by atoms with Gasteiger partial charge in [-0.05, 0) is 18.2 Å². The van der Waals surface area contributed by atoms with Crippen LogP contribution in [-0.2, 0) is 4.79 Å². The second-order valence-electron chi connectivity index (χ2n) is 2.11. The SMILES string of the molecule is O=CC(=O)c1cc(F)ccc1Cl. The summed E-state index contributed by atoms with van der Waals surface area (Å²) in [5, 5.41) is 0.0773. The van der Waals surface area contributed by atoms with Gasteiger partial charge in [-0.2, -0.15) is 0 Å². The van der Waals surface area contributed by atoms with Crippen LogP contribution in [0.4, 0.5) is 4.39 Å². The van der Waals surface area contributed by atoms with Gasteiger partial charge in [-0.15, -0.1) is 0 Å². The summed E-state index contributed by atoms with van der Waals surface area (Å²) < 4.78 is 12.5. The third-order valence-electron chi connectivity index (χ3n) is 1.30. The monoisotopic (exact) mass is 186 g/mol. The lowest BCUT2D eigenvalue weighted by Crippen LogP contribution is -2.01. The number of carbonyl (C=O) groups is 2. The molecule has 12 heavy (non-hydrogen) atoms. The number of carbonyl (C=O) groups excluding carboxylic acids is 2. The van der Waals surface area contributed by atoms with Gasteiger partial charge in [-0.1, -0.05) is 11.6 Å². The first-order valence-corrected chi connectivity index (χ1v) is 3.47. The molecule has 0 aliphatic carbocycles. The molecule has 2 nitrogen and oxygen atoms in total. The van der Waals surface area contributed by atoms with Gasteiger partial charge in [0.2, 0.25) is 5.78 Å². The van der Waals surface area contributed by atoms with Crippen LogP contribution in [0.1, 0.15) is 10.4 Å². The number of hydrogen-bond donors (Lipinski definition) is 0. The number of hydrogen-bond acceptors (Lipinski definition) is 2. The Morgan fingerprint density at radius 1 is 1.50 bits per heavy atom. The van der Waals surface area contributed by atoms with Crippen LogP contribution in [0.5, 0.6) is 0 Å². The third kappa shape index (κ3) is 1.68. The molecule has 0 bridgehead atoms. The Balaban J connectivity index is 3.22. The van der Waals surface area contributed by atoms with E-state index in [0.717, 1.165) is 12.1 Å². The summed E-state index contributed by atoms with van der Waals surface area (Å²) in [6.45, 7) is 0. The van der Waals surface area contributed by atoms with E-state index < -0.39 is 11.6 Å². The fourth-order valence-corrected chi connectivity index (χ4v) is 0.960. The molecule has 1 aromatic carbocycles. The quantitative estimate of drug-likeness (QED) is 0.401. The molecule has 1 rings (SSSR count). The molecule has 0 N–H and O–H groups in total. The average molecular weight is 187 g/mol. The van der Waals surface area contributed by atoms with Crippen molar-refractivity contribution in [1.82, 2.24) is 0 Å². The van der Waals surface area contributed by atoms with Gasteiger partial charge in [0.15, 0.2) is 6.29 Å². The summed E-state index contributed by atoms with van der Waals surface area (Å²) >= 11 is 5.52.